The lowest BCUT2D eigenvalue weighted by Gasteiger charge is -2.20. The molecule has 0 aliphatic rings. The van der Waals surface area contributed by atoms with Crippen molar-refractivity contribution in [1.82, 2.24) is 10.3 Å². The monoisotopic (exact) mass is 237 g/mol. The van der Waals surface area contributed by atoms with Crippen LogP contribution < -0.4 is 10.6 Å². The van der Waals surface area contributed by atoms with Crippen LogP contribution in [0, 0.1) is 0 Å². The molecule has 0 atom stereocenters. The lowest BCUT2D eigenvalue weighted by atomic mass is 10.1. The summed E-state index contributed by atoms with van der Waals surface area (Å²) in [5, 5.41) is 15.2. The number of nitrogens with one attached hydrogen (secondary N) is 2. The van der Waals surface area contributed by atoms with Crippen LogP contribution in [0.25, 0.3) is 0 Å². The zero-order chi connectivity index (χ0) is 12.9. The van der Waals surface area contributed by atoms with Gasteiger partial charge in [-0.1, -0.05) is 0 Å². The van der Waals surface area contributed by atoms with Crippen molar-refractivity contribution < 1.29 is 9.90 Å². The molecule has 0 bridgehead atoms. The molecule has 1 aromatic heterocycles. The third-order valence-corrected chi connectivity index (χ3v) is 2.05. The van der Waals surface area contributed by atoms with E-state index < -0.39 is 0 Å². The Hall–Kier alpha value is -1.62. The highest BCUT2D eigenvalue weighted by Gasteiger charge is 2.10. The van der Waals surface area contributed by atoms with Gasteiger partial charge in [-0.15, -0.1) is 0 Å². The molecule has 0 aromatic carbocycles. The SMILES string of the molecule is CC(C)(C)NCCC(=O)Nc1ncccc1O. The molecule has 0 unspecified atom stereocenters. The van der Waals surface area contributed by atoms with Crippen LogP contribution in [0.5, 0.6) is 5.75 Å². The first-order valence-electron chi connectivity index (χ1n) is 5.57. The molecule has 1 aromatic rings. The predicted molar refractivity (Wildman–Crippen MR) is 66.9 cm³/mol. The first kappa shape index (κ1) is 13.4. The van der Waals surface area contributed by atoms with Crippen molar-refractivity contribution in [3.05, 3.63) is 18.3 Å². The number of amides is 1. The van der Waals surface area contributed by atoms with Gasteiger partial charge in [-0.25, -0.2) is 4.98 Å². The summed E-state index contributed by atoms with van der Waals surface area (Å²) in [4.78, 5) is 15.4. The minimum Gasteiger partial charge on any atom is -0.504 e. The Bertz CT molecular complexity index is 386. The third-order valence-electron chi connectivity index (χ3n) is 2.05. The standard InChI is InChI=1S/C12H19N3O2/c1-12(2,3)14-8-6-10(17)15-11-9(16)5-4-7-13-11/h4-5,7,14,16H,6,8H2,1-3H3,(H,13,15,17). The Labute approximate surface area is 101 Å². The molecule has 1 heterocycles. The third kappa shape index (κ3) is 5.31. The fraction of sp³-hybridized carbons (Fsp3) is 0.500. The maximum absolute atomic E-state index is 11.5. The smallest absolute Gasteiger partial charge is 0.226 e. The van der Waals surface area contributed by atoms with Crippen molar-refractivity contribution in [1.29, 1.82) is 0 Å². The van der Waals surface area contributed by atoms with Crippen molar-refractivity contribution in [2.24, 2.45) is 0 Å². The van der Waals surface area contributed by atoms with Crippen molar-refractivity contribution in [3.63, 3.8) is 0 Å². The molecule has 0 fully saturated rings. The van der Waals surface area contributed by atoms with Crippen LogP contribution in [0.15, 0.2) is 18.3 Å². The Kier molecular flexibility index (Phi) is 4.45. The summed E-state index contributed by atoms with van der Waals surface area (Å²) >= 11 is 0. The topological polar surface area (TPSA) is 74.2 Å². The van der Waals surface area contributed by atoms with E-state index in [-0.39, 0.29) is 23.0 Å². The van der Waals surface area contributed by atoms with E-state index >= 15 is 0 Å². The van der Waals surface area contributed by atoms with Crippen LogP contribution in [0.2, 0.25) is 0 Å². The number of pyridine rings is 1. The molecule has 94 valence electrons. The molecule has 5 nitrogen and oxygen atoms in total. The van der Waals surface area contributed by atoms with Crippen LogP contribution in [-0.2, 0) is 4.79 Å². The maximum Gasteiger partial charge on any atom is 0.226 e. The summed E-state index contributed by atoms with van der Waals surface area (Å²) in [6.07, 6.45) is 1.86. The number of aromatic nitrogens is 1. The number of carbonyl (C=O) groups is 1. The highest BCUT2D eigenvalue weighted by Crippen LogP contribution is 2.18. The van der Waals surface area contributed by atoms with Gasteiger partial charge in [-0.2, -0.15) is 0 Å². The van der Waals surface area contributed by atoms with Crippen LogP contribution in [0.4, 0.5) is 5.82 Å². The molecule has 3 N–H and O–H groups in total. The number of nitrogens with zero attached hydrogens (tertiary/aromatic N) is 1. The minimum atomic E-state index is -0.171. The van der Waals surface area contributed by atoms with Crippen molar-refractivity contribution in [2.45, 2.75) is 32.7 Å². The van der Waals surface area contributed by atoms with Gasteiger partial charge in [-0.3, -0.25) is 4.79 Å². The van der Waals surface area contributed by atoms with Crippen LogP contribution in [0.3, 0.4) is 0 Å². The maximum atomic E-state index is 11.5. The van der Waals surface area contributed by atoms with Gasteiger partial charge in [0.05, 0.1) is 0 Å². The van der Waals surface area contributed by atoms with E-state index in [0.29, 0.717) is 13.0 Å². The fourth-order valence-electron chi connectivity index (χ4n) is 1.24. The van der Waals surface area contributed by atoms with Gasteiger partial charge in [0.15, 0.2) is 11.6 Å². The lowest BCUT2D eigenvalue weighted by molar-refractivity contribution is -0.116. The number of rotatable bonds is 4. The van der Waals surface area contributed by atoms with Gasteiger partial charge >= 0.3 is 0 Å². The molecule has 1 rings (SSSR count). The van der Waals surface area contributed by atoms with E-state index in [4.69, 9.17) is 0 Å². The van der Waals surface area contributed by atoms with E-state index in [1.54, 1.807) is 6.07 Å². The summed E-state index contributed by atoms with van der Waals surface area (Å²) in [5.74, 6) is 0.00800. The molecule has 0 aliphatic heterocycles. The Morgan fingerprint density at radius 1 is 1.47 bits per heavy atom. The molecule has 1 amide bonds. The average molecular weight is 237 g/mol. The highest BCUT2D eigenvalue weighted by molar-refractivity contribution is 5.91. The zero-order valence-corrected chi connectivity index (χ0v) is 10.4. The van der Waals surface area contributed by atoms with E-state index in [1.807, 2.05) is 20.8 Å². The number of hydrogen-bond donors (Lipinski definition) is 3. The molecule has 0 saturated carbocycles. The van der Waals surface area contributed by atoms with Gasteiger partial charge in [0.25, 0.3) is 0 Å². The number of hydrogen-bond acceptors (Lipinski definition) is 4. The molecule has 5 heteroatoms. The lowest BCUT2D eigenvalue weighted by Crippen LogP contribution is -2.37. The first-order chi connectivity index (χ1) is 7.88. The summed E-state index contributed by atoms with van der Waals surface area (Å²) < 4.78 is 0. The normalized spacial score (nSPS) is 11.2. The van der Waals surface area contributed by atoms with E-state index in [2.05, 4.69) is 15.6 Å². The van der Waals surface area contributed by atoms with E-state index in [9.17, 15) is 9.90 Å². The van der Waals surface area contributed by atoms with Gasteiger partial charge < -0.3 is 15.7 Å². The predicted octanol–water partition coefficient (Wildman–Crippen LogP) is 1.50. The summed E-state index contributed by atoms with van der Waals surface area (Å²) in [7, 11) is 0. The average Bonchev–Trinajstić information content (AvgIpc) is 2.19. The van der Waals surface area contributed by atoms with E-state index in [0.717, 1.165) is 0 Å². The van der Waals surface area contributed by atoms with Gasteiger partial charge in [0.2, 0.25) is 5.91 Å². The second kappa shape index (κ2) is 5.63. The number of aromatic hydroxyl groups is 1. The molecular formula is C12H19N3O2. The summed E-state index contributed by atoms with van der Waals surface area (Å²) in [5.41, 5.74) is -0.00653. The Balaban J connectivity index is 2.38. The quantitative estimate of drug-likeness (QED) is 0.742. The Morgan fingerprint density at radius 2 is 2.18 bits per heavy atom. The van der Waals surface area contributed by atoms with Gasteiger partial charge in [0, 0.05) is 24.7 Å². The molecule has 0 saturated heterocycles. The number of carbonyl (C=O) groups excluding carboxylic acids is 1. The van der Waals surface area contributed by atoms with Crippen molar-refractivity contribution >= 4 is 11.7 Å². The molecular weight excluding hydrogens is 218 g/mol. The molecule has 17 heavy (non-hydrogen) atoms. The molecule has 0 aliphatic carbocycles. The van der Waals surface area contributed by atoms with Crippen molar-refractivity contribution in [2.75, 3.05) is 11.9 Å². The van der Waals surface area contributed by atoms with Crippen LogP contribution in [-0.4, -0.2) is 28.1 Å². The zero-order valence-electron chi connectivity index (χ0n) is 10.4. The summed E-state index contributed by atoms with van der Waals surface area (Å²) in [6.45, 7) is 6.70. The van der Waals surface area contributed by atoms with E-state index in [1.165, 1.54) is 12.3 Å². The second-order valence-electron chi connectivity index (χ2n) is 4.85. The molecule has 0 radical (unpaired) electrons. The van der Waals surface area contributed by atoms with Gasteiger partial charge in [-0.05, 0) is 32.9 Å². The number of anilines is 1. The molecule has 0 spiro atoms. The minimum absolute atomic E-state index is 0.00653. The highest BCUT2D eigenvalue weighted by atomic mass is 16.3. The fourth-order valence-corrected chi connectivity index (χ4v) is 1.24. The Morgan fingerprint density at radius 3 is 2.76 bits per heavy atom. The van der Waals surface area contributed by atoms with Crippen LogP contribution >= 0.6 is 0 Å². The van der Waals surface area contributed by atoms with Gasteiger partial charge in [0.1, 0.15) is 0 Å². The largest absolute Gasteiger partial charge is 0.504 e. The second-order valence-corrected chi connectivity index (χ2v) is 4.85. The van der Waals surface area contributed by atoms with Crippen LogP contribution in [0.1, 0.15) is 27.2 Å². The van der Waals surface area contributed by atoms with Crippen molar-refractivity contribution in [3.8, 4) is 5.75 Å². The summed E-state index contributed by atoms with van der Waals surface area (Å²) in [6, 6.07) is 3.09. The first-order valence-corrected chi connectivity index (χ1v) is 5.57.